The molecule has 0 saturated heterocycles. The van der Waals surface area contributed by atoms with E-state index in [1.54, 1.807) is 0 Å². The Labute approximate surface area is 184 Å². The van der Waals surface area contributed by atoms with E-state index in [2.05, 4.69) is 10.6 Å². The highest BCUT2D eigenvalue weighted by Crippen LogP contribution is 2.26. The number of benzene rings is 2. The predicted molar refractivity (Wildman–Crippen MR) is 117 cm³/mol. The zero-order valence-corrected chi connectivity index (χ0v) is 17.0. The second kappa shape index (κ2) is 9.88. The lowest BCUT2D eigenvalue weighted by molar-refractivity contribution is -0.118. The highest BCUT2D eigenvalue weighted by molar-refractivity contribution is 5.93. The molecule has 3 rings (SSSR count). The molecule has 168 valence electrons. The Kier molecular flexibility index (Phi) is 7.01. The van der Waals surface area contributed by atoms with Gasteiger partial charge in [-0.05, 0) is 60.4 Å². The summed E-state index contributed by atoms with van der Waals surface area (Å²) in [7, 11) is 0. The second-order valence-corrected chi connectivity index (χ2v) is 7.46. The number of amides is 2. The number of phenolic OH excluding ortho intramolecular Hbond substituents is 4. The summed E-state index contributed by atoms with van der Waals surface area (Å²) in [4.78, 5) is 24.3. The van der Waals surface area contributed by atoms with Crippen LogP contribution in [-0.2, 0) is 9.59 Å². The highest BCUT2D eigenvalue weighted by atomic mass is 16.3. The zero-order chi connectivity index (χ0) is 23.3. The van der Waals surface area contributed by atoms with Gasteiger partial charge in [-0.25, -0.2) is 0 Å². The van der Waals surface area contributed by atoms with Crippen molar-refractivity contribution in [2.45, 2.75) is 31.0 Å². The van der Waals surface area contributed by atoms with Gasteiger partial charge in [-0.2, -0.15) is 0 Å². The molecule has 1 aliphatic rings. The molecule has 32 heavy (non-hydrogen) atoms. The number of nitrogens with one attached hydrogen (secondary N) is 2. The van der Waals surface area contributed by atoms with E-state index in [0.29, 0.717) is 24.0 Å². The van der Waals surface area contributed by atoms with Crippen molar-refractivity contribution in [3.63, 3.8) is 0 Å². The fourth-order valence-corrected chi connectivity index (χ4v) is 3.39. The van der Waals surface area contributed by atoms with Gasteiger partial charge in [0.25, 0.3) is 0 Å². The molecular weight excluding hydrogens is 416 g/mol. The molecule has 0 heterocycles. The molecule has 2 aromatic carbocycles. The van der Waals surface area contributed by atoms with Crippen molar-refractivity contribution >= 4 is 24.0 Å². The Balaban J connectivity index is 1.50. The van der Waals surface area contributed by atoms with Crippen molar-refractivity contribution in [2.75, 3.05) is 0 Å². The first-order valence-electron chi connectivity index (χ1n) is 9.92. The van der Waals surface area contributed by atoms with Crippen LogP contribution in [0.4, 0.5) is 0 Å². The number of hydrogen-bond donors (Lipinski definition) is 7. The third-order valence-corrected chi connectivity index (χ3v) is 5.12. The van der Waals surface area contributed by atoms with E-state index in [4.69, 9.17) is 0 Å². The molecule has 1 aliphatic carbocycles. The molecule has 2 atom stereocenters. The summed E-state index contributed by atoms with van der Waals surface area (Å²) >= 11 is 0. The Morgan fingerprint density at radius 3 is 1.50 bits per heavy atom. The molecule has 0 unspecified atom stereocenters. The number of phenols is 4. The molecule has 1 fully saturated rings. The van der Waals surface area contributed by atoms with Crippen LogP contribution in [0.3, 0.4) is 0 Å². The van der Waals surface area contributed by atoms with Gasteiger partial charge in [0.1, 0.15) is 0 Å². The van der Waals surface area contributed by atoms with Gasteiger partial charge in [0.2, 0.25) is 11.8 Å². The molecule has 0 aromatic heterocycles. The Morgan fingerprint density at radius 2 is 1.12 bits per heavy atom. The van der Waals surface area contributed by atoms with Crippen LogP contribution >= 0.6 is 0 Å². The van der Waals surface area contributed by atoms with E-state index in [1.165, 1.54) is 60.7 Å². The van der Waals surface area contributed by atoms with Crippen LogP contribution in [0.5, 0.6) is 23.0 Å². The van der Waals surface area contributed by atoms with Gasteiger partial charge in [0.15, 0.2) is 23.0 Å². The Hall–Kier alpha value is -3.98. The molecule has 2 amide bonds. The topological polar surface area (TPSA) is 159 Å². The normalized spacial score (nSPS) is 20.6. The molecular formula is C23H24N2O7. The molecule has 7 N–H and O–H groups in total. The second-order valence-electron chi connectivity index (χ2n) is 7.46. The van der Waals surface area contributed by atoms with Crippen LogP contribution in [0.15, 0.2) is 48.6 Å². The lowest BCUT2D eigenvalue weighted by Gasteiger charge is -2.20. The summed E-state index contributed by atoms with van der Waals surface area (Å²) in [6.45, 7) is 0. The molecule has 0 radical (unpaired) electrons. The third kappa shape index (κ3) is 5.79. The van der Waals surface area contributed by atoms with Gasteiger partial charge in [-0.15, -0.1) is 0 Å². The molecule has 9 nitrogen and oxygen atoms in total. The molecule has 1 saturated carbocycles. The third-order valence-electron chi connectivity index (χ3n) is 5.12. The number of aliphatic hydroxyl groups excluding tert-OH is 1. The van der Waals surface area contributed by atoms with E-state index < -0.39 is 30.0 Å². The van der Waals surface area contributed by atoms with Gasteiger partial charge < -0.3 is 36.2 Å². The quantitative estimate of drug-likeness (QED) is 0.264. The number of aromatic hydroxyl groups is 4. The van der Waals surface area contributed by atoms with Crippen molar-refractivity contribution < 1.29 is 35.1 Å². The number of carbonyl (C=O) groups excluding carboxylic acids is 2. The summed E-state index contributed by atoms with van der Waals surface area (Å²) in [5.41, 5.74) is 1.03. The monoisotopic (exact) mass is 440 g/mol. The van der Waals surface area contributed by atoms with Crippen molar-refractivity contribution in [3.05, 3.63) is 59.7 Å². The van der Waals surface area contributed by atoms with Crippen LogP contribution < -0.4 is 10.6 Å². The maximum Gasteiger partial charge on any atom is 0.244 e. The number of hydrogen-bond acceptors (Lipinski definition) is 7. The minimum absolute atomic E-state index is 0.259. The SMILES string of the molecule is O=C(C=Cc1ccc(O)c(O)c1)N[C@H]1CC[C@H](NC(=O)C=Cc2ccc(O)c(O)c2)C1O. The first-order valence-corrected chi connectivity index (χ1v) is 9.92. The predicted octanol–water partition coefficient (Wildman–Crippen LogP) is 1.36. The zero-order valence-electron chi connectivity index (χ0n) is 17.0. The maximum atomic E-state index is 12.2. The van der Waals surface area contributed by atoms with E-state index in [-0.39, 0.29) is 23.0 Å². The van der Waals surface area contributed by atoms with Crippen LogP contribution in [-0.4, -0.2) is 55.5 Å². The van der Waals surface area contributed by atoms with E-state index >= 15 is 0 Å². The van der Waals surface area contributed by atoms with Gasteiger partial charge in [0, 0.05) is 12.2 Å². The average molecular weight is 440 g/mol. The smallest absolute Gasteiger partial charge is 0.244 e. The molecule has 2 aromatic rings. The van der Waals surface area contributed by atoms with Crippen molar-refractivity contribution in [1.29, 1.82) is 0 Å². The summed E-state index contributed by atoms with van der Waals surface area (Å²) in [5, 5.41) is 53.4. The average Bonchev–Trinajstić information content (AvgIpc) is 3.09. The molecule has 0 bridgehead atoms. The van der Waals surface area contributed by atoms with E-state index in [0.717, 1.165) is 0 Å². The summed E-state index contributed by atoms with van der Waals surface area (Å²) in [6, 6.07) is 7.21. The fourth-order valence-electron chi connectivity index (χ4n) is 3.39. The van der Waals surface area contributed by atoms with Crippen molar-refractivity contribution in [2.24, 2.45) is 0 Å². The maximum absolute atomic E-state index is 12.2. The largest absolute Gasteiger partial charge is 0.504 e. The van der Waals surface area contributed by atoms with Crippen molar-refractivity contribution in [1.82, 2.24) is 10.6 Å². The van der Waals surface area contributed by atoms with Crippen molar-refractivity contribution in [3.8, 4) is 23.0 Å². The summed E-state index contributed by atoms with van der Waals surface area (Å²) < 4.78 is 0. The number of rotatable bonds is 6. The number of carbonyl (C=O) groups is 2. The van der Waals surface area contributed by atoms with Gasteiger partial charge >= 0.3 is 0 Å². The highest BCUT2D eigenvalue weighted by Gasteiger charge is 2.35. The standard InChI is InChI=1S/C23H24N2O7/c26-17-7-1-13(11-19(17)28)3-9-21(30)24-15-5-6-16(23(15)32)25-22(31)10-4-14-2-8-18(27)20(29)12-14/h1-4,7-12,15-16,23,26-29,32H,5-6H2,(H,24,30)(H,25,31)/t15-,16-,23?/m0/s1. The van der Waals surface area contributed by atoms with E-state index in [9.17, 15) is 35.1 Å². The first-order chi connectivity index (χ1) is 15.2. The minimum atomic E-state index is -0.972. The van der Waals surface area contributed by atoms with Gasteiger partial charge in [-0.1, -0.05) is 12.1 Å². The Bertz CT molecular complexity index is 981. The first kappa shape index (κ1) is 22.7. The van der Waals surface area contributed by atoms with Crippen LogP contribution in [0.25, 0.3) is 12.2 Å². The molecule has 0 aliphatic heterocycles. The fraction of sp³-hybridized carbons (Fsp3) is 0.217. The van der Waals surface area contributed by atoms with Crippen LogP contribution in [0, 0.1) is 0 Å². The van der Waals surface area contributed by atoms with Gasteiger partial charge in [-0.3, -0.25) is 9.59 Å². The minimum Gasteiger partial charge on any atom is -0.504 e. The number of aliphatic hydroxyl groups is 1. The lowest BCUT2D eigenvalue weighted by atomic mass is 10.1. The Morgan fingerprint density at radius 1 is 0.719 bits per heavy atom. The van der Waals surface area contributed by atoms with Crippen LogP contribution in [0.1, 0.15) is 24.0 Å². The molecule has 0 spiro atoms. The molecule has 9 heteroatoms. The summed E-state index contributed by atoms with van der Waals surface area (Å²) in [5.74, 6) is -2.00. The van der Waals surface area contributed by atoms with Gasteiger partial charge in [0.05, 0.1) is 18.2 Å². The van der Waals surface area contributed by atoms with Crippen LogP contribution in [0.2, 0.25) is 0 Å². The summed E-state index contributed by atoms with van der Waals surface area (Å²) in [6.07, 6.45) is 5.39. The lowest BCUT2D eigenvalue weighted by Crippen LogP contribution is -2.47. The van der Waals surface area contributed by atoms with E-state index in [1.807, 2.05) is 0 Å².